The summed E-state index contributed by atoms with van der Waals surface area (Å²) in [5.41, 5.74) is 12.1. The quantitative estimate of drug-likeness (QED) is 0.135. The van der Waals surface area contributed by atoms with Crippen molar-refractivity contribution in [3.05, 3.63) is 0 Å². The normalized spacial score (nSPS) is 31.8. The Morgan fingerprint density at radius 2 is 1.51 bits per heavy atom. The highest BCUT2D eigenvalue weighted by molar-refractivity contribution is 5.96. The van der Waals surface area contributed by atoms with Gasteiger partial charge in [-0.3, -0.25) is 24.0 Å². The molecular formula is C39H69N7O7. The summed E-state index contributed by atoms with van der Waals surface area (Å²) >= 11 is 0. The summed E-state index contributed by atoms with van der Waals surface area (Å²) in [5, 5.41) is 11.5. The van der Waals surface area contributed by atoms with E-state index in [1.165, 1.54) is 24.2 Å². The Bertz CT molecular complexity index is 1220. The Hall–Kier alpha value is -2.81. The number of amides is 5. The van der Waals surface area contributed by atoms with Gasteiger partial charge in [0.2, 0.25) is 29.5 Å². The third kappa shape index (κ3) is 11.8. The van der Waals surface area contributed by atoms with Crippen LogP contribution in [0, 0.1) is 23.2 Å². The number of likely N-dealkylation sites (N-methyl/N-ethyl adjacent to an activating group) is 1. The smallest absolute Gasteiger partial charge is 0.245 e. The van der Waals surface area contributed by atoms with Crippen LogP contribution in [0.5, 0.6) is 0 Å². The second-order valence-electron chi connectivity index (χ2n) is 16.5. The third-order valence-corrected chi connectivity index (χ3v) is 12.2. The van der Waals surface area contributed by atoms with E-state index in [0.717, 1.165) is 51.4 Å². The monoisotopic (exact) mass is 748 g/mol. The predicted octanol–water partition coefficient (Wildman–Crippen LogP) is 1.87. The zero-order valence-electron chi connectivity index (χ0n) is 32.8. The molecule has 0 radical (unpaired) electrons. The molecule has 3 saturated carbocycles. The van der Waals surface area contributed by atoms with Crippen LogP contribution in [-0.4, -0.2) is 111 Å². The Morgan fingerprint density at radius 3 is 2.11 bits per heavy atom. The average molecular weight is 748 g/mol. The first kappa shape index (κ1) is 42.9. The van der Waals surface area contributed by atoms with Crippen LogP contribution in [0.15, 0.2) is 0 Å². The zero-order valence-corrected chi connectivity index (χ0v) is 32.8. The van der Waals surface area contributed by atoms with E-state index in [1.54, 1.807) is 7.05 Å². The number of carbonyl (C=O) groups is 5. The van der Waals surface area contributed by atoms with Gasteiger partial charge in [-0.1, -0.05) is 52.4 Å². The highest BCUT2D eigenvalue weighted by Crippen LogP contribution is 2.60. The largest absolute Gasteiger partial charge is 0.379 e. The van der Waals surface area contributed by atoms with Gasteiger partial charge in [-0.2, -0.15) is 0 Å². The zero-order chi connectivity index (χ0) is 38.5. The fraction of sp³-hybridized carbons (Fsp3) is 0.872. The second-order valence-corrected chi connectivity index (χ2v) is 16.5. The Labute approximate surface area is 316 Å². The minimum atomic E-state index is -1.17. The van der Waals surface area contributed by atoms with Crippen molar-refractivity contribution in [1.82, 2.24) is 26.2 Å². The van der Waals surface area contributed by atoms with Crippen molar-refractivity contribution in [2.45, 2.75) is 153 Å². The van der Waals surface area contributed by atoms with Crippen molar-refractivity contribution in [1.29, 1.82) is 0 Å². The Balaban J connectivity index is 1.64. The number of nitrogens with one attached hydrogen (secondary N) is 4. The fourth-order valence-corrected chi connectivity index (χ4v) is 8.85. The summed E-state index contributed by atoms with van der Waals surface area (Å²) < 4.78 is 12.2. The van der Waals surface area contributed by atoms with Crippen LogP contribution in [-0.2, 0) is 33.4 Å². The van der Waals surface area contributed by atoms with Crippen LogP contribution in [0.4, 0.5) is 0 Å². The summed E-state index contributed by atoms with van der Waals surface area (Å²) in [4.78, 5) is 71.4. The first-order valence-corrected chi connectivity index (χ1v) is 20.5. The molecule has 4 rings (SSSR count). The van der Waals surface area contributed by atoms with Gasteiger partial charge < -0.3 is 47.1 Å². The molecule has 4 aliphatic rings. The summed E-state index contributed by atoms with van der Waals surface area (Å²) in [6.45, 7) is 6.17. The number of carbonyl (C=O) groups excluding carboxylic acids is 5. The predicted molar refractivity (Wildman–Crippen MR) is 202 cm³/mol. The maximum Gasteiger partial charge on any atom is 0.245 e. The maximum absolute atomic E-state index is 14.3. The molecular weight excluding hydrogens is 678 g/mol. The fourth-order valence-electron chi connectivity index (χ4n) is 8.85. The third-order valence-electron chi connectivity index (χ3n) is 12.2. The first-order valence-electron chi connectivity index (χ1n) is 20.5. The molecule has 14 nitrogen and oxygen atoms in total. The lowest BCUT2D eigenvalue weighted by Gasteiger charge is -2.55. The molecule has 1 saturated heterocycles. The van der Waals surface area contributed by atoms with Crippen molar-refractivity contribution in [2.75, 3.05) is 40.0 Å². The lowest BCUT2D eigenvalue weighted by atomic mass is 9.51. The van der Waals surface area contributed by atoms with Crippen molar-refractivity contribution < 1.29 is 33.4 Å². The molecule has 5 amide bonds. The number of ether oxygens (including phenoxy) is 2. The van der Waals surface area contributed by atoms with Crippen molar-refractivity contribution in [3.63, 3.8) is 0 Å². The van der Waals surface area contributed by atoms with Crippen LogP contribution >= 0.6 is 0 Å². The van der Waals surface area contributed by atoms with Gasteiger partial charge in [-0.15, -0.1) is 0 Å². The molecule has 0 unspecified atom stereocenters. The van der Waals surface area contributed by atoms with Gasteiger partial charge in [0.25, 0.3) is 0 Å². The van der Waals surface area contributed by atoms with Gasteiger partial charge >= 0.3 is 0 Å². The van der Waals surface area contributed by atoms with Crippen LogP contribution in [0.2, 0.25) is 0 Å². The lowest BCUT2D eigenvalue weighted by molar-refractivity contribution is -0.148. The number of nitrogens with two attached hydrogens (primary N) is 2. The maximum atomic E-state index is 14.3. The standard InChI is InChI=1S/C39H69N7O7/c1-5-12-31-36(49)45-33(28-13-8-6-7-9-14-28)37(50)43-29(22-41)34(47)44-30(24-52-18-11-17-40)35(48)42-25(2)23-53-32(26(3)38(51)46(31)4)19-27-20-39(21-27)15-10-16-39/h25-33H,5-24,40-41H2,1-4H3,(H,42,48)(H,43,50)(H,44,47)(H,45,49)/t25-,26-,29+,30+,31+,32-,33+/m1/s1. The van der Waals surface area contributed by atoms with E-state index in [-0.39, 0.29) is 31.6 Å². The molecule has 1 aliphatic heterocycles. The van der Waals surface area contributed by atoms with Crippen molar-refractivity contribution >= 4 is 29.5 Å². The van der Waals surface area contributed by atoms with E-state index in [4.69, 9.17) is 20.9 Å². The minimum absolute atomic E-state index is 0.111. The van der Waals surface area contributed by atoms with Crippen LogP contribution in [0.3, 0.4) is 0 Å². The topological polar surface area (TPSA) is 207 Å². The van der Waals surface area contributed by atoms with E-state index < -0.39 is 65.9 Å². The van der Waals surface area contributed by atoms with Crippen molar-refractivity contribution in [3.8, 4) is 0 Å². The molecule has 1 spiro atoms. The number of hydrogen-bond acceptors (Lipinski definition) is 9. The molecule has 1 heterocycles. The van der Waals surface area contributed by atoms with E-state index in [2.05, 4.69) is 21.3 Å². The van der Waals surface area contributed by atoms with E-state index in [0.29, 0.717) is 50.2 Å². The number of nitrogens with zero attached hydrogens (tertiary/aromatic N) is 1. The second kappa shape index (κ2) is 20.8. The molecule has 0 aromatic heterocycles. The van der Waals surface area contributed by atoms with Crippen molar-refractivity contribution in [2.24, 2.45) is 34.6 Å². The molecule has 8 N–H and O–H groups in total. The van der Waals surface area contributed by atoms with Gasteiger partial charge in [0.15, 0.2) is 0 Å². The van der Waals surface area contributed by atoms with E-state index >= 15 is 0 Å². The first-order chi connectivity index (χ1) is 25.4. The summed E-state index contributed by atoms with van der Waals surface area (Å²) in [6, 6.07) is -4.44. The molecule has 302 valence electrons. The van der Waals surface area contributed by atoms with E-state index in [1.807, 2.05) is 20.8 Å². The SMILES string of the molecule is CCC[C@H]1C(=O)N[C@@H](C2CCCCCC2)C(=O)N[C@@H](CN)C(=O)N[C@@H](COCCCN)C(=O)N[C@H](C)CO[C@H](CC2CC3(CCC3)C2)[C@@H](C)C(=O)N1C. The Kier molecular flexibility index (Phi) is 16.8. The van der Waals surface area contributed by atoms with Crippen LogP contribution in [0.1, 0.15) is 117 Å². The Morgan fingerprint density at radius 1 is 0.849 bits per heavy atom. The van der Waals surface area contributed by atoms with Gasteiger partial charge in [-0.25, -0.2) is 0 Å². The lowest BCUT2D eigenvalue weighted by Crippen LogP contribution is -2.62. The minimum Gasteiger partial charge on any atom is -0.379 e. The number of rotatable bonds is 11. The molecule has 3 aliphatic carbocycles. The summed E-state index contributed by atoms with van der Waals surface area (Å²) in [7, 11) is 1.67. The molecule has 0 bridgehead atoms. The molecule has 0 aromatic carbocycles. The average Bonchev–Trinajstić information content (AvgIpc) is 3.39. The number of hydrogen-bond donors (Lipinski definition) is 6. The molecule has 53 heavy (non-hydrogen) atoms. The molecule has 0 aromatic rings. The van der Waals surface area contributed by atoms with Gasteiger partial charge in [-0.05, 0) is 88.5 Å². The highest BCUT2D eigenvalue weighted by Gasteiger charge is 2.49. The van der Waals surface area contributed by atoms with E-state index in [9.17, 15) is 24.0 Å². The van der Waals surface area contributed by atoms with Gasteiger partial charge in [0, 0.05) is 26.2 Å². The van der Waals surface area contributed by atoms with Gasteiger partial charge in [0.1, 0.15) is 24.2 Å². The molecule has 14 heteroatoms. The molecule has 4 fully saturated rings. The highest BCUT2D eigenvalue weighted by atomic mass is 16.5. The summed E-state index contributed by atoms with van der Waals surface area (Å²) in [6.07, 6.45) is 13.4. The van der Waals surface area contributed by atoms with Crippen LogP contribution in [0.25, 0.3) is 0 Å². The van der Waals surface area contributed by atoms with Gasteiger partial charge in [0.05, 0.1) is 25.2 Å². The molecule has 7 atom stereocenters. The van der Waals surface area contributed by atoms with Crippen LogP contribution < -0.4 is 32.7 Å². The summed E-state index contributed by atoms with van der Waals surface area (Å²) in [5.74, 6) is -2.48.